The van der Waals surface area contributed by atoms with Crippen molar-refractivity contribution in [2.45, 2.75) is 57.6 Å². The first-order chi connectivity index (χ1) is 12.2. The van der Waals surface area contributed by atoms with E-state index in [4.69, 9.17) is 14.2 Å². The Morgan fingerprint density at radius 2 is 1.84 bits per heavy atom. The van der Waals surface area contributed by atoms with Crippen molar-refractivity contribution in [2.24, 2.45) is 5.92 Å². The molecule has 0 N–H and O–H groups in total. The molecule has 3 atom stereocenters. The van der Waals surface area contributed by atoms with Gasteiger partial charge in [0.2, 0.25) is 0 Å². The number of hydrogen-bond acceptors (Lipinski definition) is 4. The van der Waals surface area contributed by atoms with Gasteiger partial charge in [0.05, 0.1) is 26.9 Å². The second-order valence-corrected chi connectivity index (χ2v) is 7.59. The number of likely N-dealkylation sites (tertiary alicyclic amines) is 1. The van der Waals surface area contributed by atoms with Gasteiger partial charge in [0.15, 0.2) is 11.5 Å². The third-order valence-electron chi connectivity index (χ3n) is 5.76. The highest BCUT2D eigenvalue weighted by molar-refractivity contribution is 5.42. The molecule has 0 aromatic heterocycles. The minimum absolute atomic E-state index is 0.402. The lowest BCUT2D eigenvalue weighted by atomic mass is 9.91. The molecule has 1 heterocycles. The first kappa shape index (κ1) is 18.5. The maximum Gasteiger partial charge on any atom is 0.160 e. The lowest BCUT2D eigenvalue weighted by molar-refractivity contribution is -0.0298. The normalized spacial score (nSPS) is 27.4. The molecule has 4 nitrogen and oxygen atoms in total. The molecule has 4 heteroatoms. The molecule has 1 aromatic carbocycles. The van der Waals surface area contributed by atoms with Crippen LogP contribution < -0.4 is 9.47 Å². The van der Waals surface area contributed by atoms with E-state index in [1.807, 2.05) is 6.07 Å². The molecule has 1 saturated carbocycles. The Kier molecular flexibility index (Phi) is 6.60. The molecule has 1 aromatic rings. The molecule has 140 valence electrons. The first-order valence-electron chi connectivity index (χ1n) is 9.78. The maximum atomic E-state index is 6.36. The van der Waals surface area contributed by atoms with Crippen molar-refractivity contribution in [3.05, 3.63) is 23.8 Å². The largest absolute Gasteiger partial charge is 0.493 e. The second kappa shape index (κ2) is 8.91. The van der Waals surface area contributed by atoms with Crippen molar-refractivity contribution < 1.29 is 14.2 Å². The SMILES string of the molecule is COc1ccc(CCO[C@@H]2CCCC[C@H]2N2CC[C@H](C)C2)cc1OC. The average Bonchev–Trinajstić information content (AvgIpc) is 3.08. The lowest BCUT2D eigenvalue weighted by Gasteiger charge is -2.38. The van der Waals surface area contributed by atoms with Gasteiger partial charge < -0.3 is 14.2 Å². The molecule has 25 heavy (non-hydrogen) atoms. The topological polar surface area (TPSA) is 30.9 Å². The Bertz CT molecular complexity index is 548. The predicted molar refractivity (Wildman–Crippen MR) is 101 cm³/mol. The van der Waals surface area contributed by atoms with E-state index in [2.05, 4.69) is 24.0 Å². The number of benzene rings is 1. The van der Waals surface area contributed by atoms with Gasteiger partial charge in [-0.2, -0.15) is 0 Å². The zero-order valence-electron chi connectivity index (χ0n) is 16.0. The van der Waals surface area contributed by atoms with Crippen LogP contribution >= 0.6 is 0 Å². The molecule has 1 saturated heterocycles. The molecule has 1 aliphatic carbocycles. The zero-order valence-corrected chi connectivity index (χ0v) is 16.0. The zero-order chi connectivity index (χ0) is 17.6. The third-order valence-corrected chi connectivity index (χ3v) is 5.76. The van der Waals surface area contributed by atoms with Crippen molar-refractivity contribution in [1.29, 1.82) is 0 Å². The van der Waals surface area contributed by atoms with Crippen molar-refractivity contribution in [3.8, 4) is 11.5 Å². The molecule has 0 bridgehead atoms. The van der Waals surface area contributed by atoms with E-state index in [-0.39, 0.29) is 0 Å². The Labute approximate surface area is 152 Å². The highest BCUT2D eigenvalue weighted by Gasteiger charge is 2.33. The molecule has 2 aliphatic rings. The van der Waals surface area contributed by atoms with E-state index in [1.54, 1.807) is 14.2 Å². The van der Waals surface area contributed by atoms with Crippen LogP contribution in [-0.2, 0) is 11.2 Å². The van der Waals surface area contributed by atoms with E-state index in [1.165, 1.54) is 50.8 Å². The summed E-state index contributed by atoms with van der Waals surface area (Å²) in [5.41, 5.74) is 1.24. The summed E-state index contributed by atoms with van der Waals surface area (Å²) in [6.45, 7) is 5.65. The van der Waals surface area contributed by atoms with Crippen LogP contribution in [0.4, 0.5) is 0 Å². The Morgan fingerprint density at radius 1 is 1.04 bits per heavy atom. The van der Waals surface area contributed by atoms with Gasteiger partial charge in [-0.15, -0.1) is 0 Å². The van der Waals surface area contributed by atoms with Crippen LogP contribution in [0.2, 0.25) is 0 Å². The summed E-state index contributed by atoms with van der Waals surface area (Å²) in [5, 5.41) is 0. The Balaban J connectivity index is 1.53. The number of ether oxygens (including phenoxy) is 3. The van der Waals surface area contributed by atoms with Crippen molar-refractivity contribution in [2.75, 3.05) is 33.9 Å². The molecule has 2 fully saturated rings. The van der Waals surface area contributed by atoms with E-state index in [0.717, 1.165) is 30.4 Å². The molecule has 3 rings (SSSR count). The van der Waals surface area contributed by atoms with Crippen LogP contribution in [0.1, 0.15) is 44.6 Å². The van der Waals surface area contributed by atoms with Crippen LogP contribution in [-0.4, -0.2) is 51.0 Å². The molecule has 0 spiro atoms. The number of rotatable bonds is 7. The van der Waals surface area contributed by atoms with Crippen LogP contribution in [0.15, 0.2) is 18.2 Å². The summed E-state index contributed by atoms with van der Waals surface area (Å²) in [5.74, 6) is 2.42. The van der Waals surface area contributed by atoms with Gasteiger partial charge in [-0.3, -0.25) is 4.90 Å². The van der Waals surface area contributed by atoms with Crippen molar-refractivity contribution >= 4 is 0 Å². The van der Waals surface area contributed by atoms with Gasteiger partial charge in [0, 0.05) is 12.6 Å². The number of hydrogen-bond donors (Lipinski definition) is 0. The van der Waals surface area contributed by atoms with Crippen LogP contribution in [0.5, 0.6) is 11.5 Å². The summed E-state index contributed by atoms with van der Waals surface area (Å²) in [6, 6.07) is 6.76. The maximum absolute atomic E-state index is 6.36. The minimum atomic E-state index is 0.402. The van der Waals surface area contributed by atoms with Crippen molar-refractivity contribution in [1.82, 2.24) is 4.90 Å². The average molecular weight is 347 g/mol. The summed E-state index contributed by atoms with van der Waals surface area (Å²) >= 11 is 0. The fourth-order valence-corrected chi connectivity index (χ4v) is 4.32. The summed E-state index contributed by atoms with van der Waals surface area (Å²) < 4.78 is 17.1. The van der Waals surface area contributed by atoms with Crippen LogP contribution in [0.25, 0.3) is 0 Å². The lowest BCUT2D eigenvalue weighted by Crippen LogP contribution is -2.45. The third kappa shape index (κ3) is 4.68. The molecule has 0 unspecified atom stereocenters. The summed E-state index contributed by atoms with van der Waals surface area (Å²) in [7, 11) is 3.35. The second-order valence-electron chi connectivity index (χ2n) is 7.59. The molecular formula is C21H33NO3. The number of nitrogens with zero attached hydrogens (tertiary/aromatic N) is 1. The van der Waals surface area contributed by atoms with Gasteiger partial charge in [-0.1, -0.05) is 25.8 Å². The molecular weight excluding hydrogens is 314 g/mol. The first-order valence-corrected chi connectivity index (χ1v) is 9.78. The number of methoxy groups -OCH3 is 2. The van der Waals surface area contributed by atoms with E-state index in [9.17, 15) is 0 Å². The van der Waals surface area contributed by atoms with Gasteiger partial charge in [0.1, 0.15) is 0 Å². The van der Waals surface area contributed by atoms with Gasteiger partial charge >= 0.3 is 0 Å². The quantitative estimate of drug-likeness (QED) is 0.748. The Hall–Kier alpha value is -1.26. The van der Waals surface area contributed by atoms with E-state index >= 15 is 0 Å². The molecule has 1 aliphatic heterocycles. The minimum Gasteiger partial charge on any atom is -0.493 e. The van der Waals surface area contributed by atoms with Crippen LogP contribution in [0.3, 0.4) is 0 Å². The smallest absolute Gasteiger partial charge is 0.160 e. The molecule has 0 amide bonds. The summed E-state index contributed by atoms with van der Waals surface area (Å²) in [4.78, 5) is 2.69. The van der Waals surface area contributed by atoms with Crippen LogP contribution in [0, 0.1) is 5.92 Å². The van der Waals surface area contributed by atoms with E-state index < -0.39 is 0 Å². The standard InChI is InChI=1S/C21H33NO3/c1-16-10-12-22(15-16)18-6-4-5-7-19(18)25-13-11-17-8-9-20(23-2)21(14-17)24-3/h8-9,14,16,18-19H,4-7,10-13,15H2,1-3H3/t16-,18+,19+/m0/s1. The molecule has 0 radical (unpaired) electrons. The fourth-order valence-electron chi connectivity index (χ4n) is 4.32. The highest BCUT2D eigenvalue weighted by Crippen LogP contribution is 2.30. The predicted octanol–water partition coefficient (Wildman–Crippen LogP) is 3.92. The summed E-state index contributed by atoms with van der Waals surface area (Å²) in [6.07, 6.45) is 7.83. The fraction of sp³-hybridized carbons (Fsp3) is 0.714. The van der Waals surface area contributed by atoms with Crippen molar-refractivity contribution in [3.63, 3.8) is 0 Å². The highest BCUT2D eigenvalue weighted by atomic mass is 16.5. The van der Waals surface area contributed by atoms with Gasteiger partial charge in [-0.05, 0) is 55.8 Å². The van der Waals surface area contributed by atoms with Gasteiger partial charge in [0.25, 0.3) is 0 Å². The Morgan fingerprint density at radius 3 is 2.56 bits per heavy atom. The van der Waals surface area contributed by atoms with Gasteiger partial charge in [-0.25, -0.2) is 0 Å². The van der Waals surface area contributed by atoms with E-state index in [0.29, 0.717) is 12.1 Å². The monoisotopic (exact) mass is 347 g/mol.